The van der Waals surface area contributed by atoms with Gasteiger partial charge >= 0.3 is 0 Å². The SMILES string of the molecule is c1cc(-c2cccc3ccccc23)cc(-n2c3ccccc3c3cc(-c4ccc5c(c4)c4ccccc4n5-c4cccc5ccccc45)ccc32)c1. The third-order valence-electron chi connectivity index (χ3n) is 10.9. The van der Waals surface area contributed by atoms with E-state index in [0.717, 1.165) is 5.69 Å². The number of hydrogen-bond donors (Lipinski definition) is 0. The number of hydrogen-bond acceptors (Lipinski definition) is 0. The van der Waals surface area contributed by atoms with Crippen LogP contribution in [0.25, 0.3) is 98.8 Å². The Bertz CT molecular complexity index is 3180. The van der Waals surface area contributed by atoms with Gasteiger partial charge in [-0.2, -0.15) is 0 Å². The minimum absolute atomic E-state index is 1.16. The van der Waals surface area contributed by atoms with E-state index in [9.17, 15) is 0 Å². The molecule has 0 bridgehead atoms. The lowest BCUT2D eigenvalue weighted by Crippen LogP contribution is -1.95. The number of nitrogens with zero attached hydrogens (tertiary/aromatic N) is 2. The first-order chi connectivity index (χ1) is 25.8. The molecule has 11 aromatic rings. The van der Waals surface area contributed by atoms with Crippen molar-refractivity contribution < 1.29 is 0 Å². The molecule has 0 radical (unpaired) electrons. The fourth-order valence-corrected chi connectivity index (χ4v) is 8.54. The topological polar surface area (TPSA) is 9.86 Å². The van der Waals surface area contributed by atoms with Crippen LogP contribution in [-0.4, -0.2) is 9.13 Å². The smallest absolute Gasteiger partial charge is 0.0541 e. The molecule has 0 amide bonds. The molecule has 0 N–H and O–H groups in total. The zero-order chi connectivity index (χ0) is 34.2. The molecule has 0 spiro atoms. The normalized spacial score (nSPS) is 11.8. The van der Waals surface area contributed by atoms with Gasteiger partial charge in [-0.05, 0) is 93.0 Å². The van der Waals surface area contributed by atoms with E-state index >= 15 is 0 Å². The Morgan fingerprint density at radius 1 is 0.269 bits per heavy atom. The van der Waals surface area contributed by atoms with Gasteiger partial charge in [0.15, 0.2) is 0 Å². The minimum atomic E-state index is 1.16. The molecule has 2 heterocycles. The van der Waals surface area contributed by atoms with Crippen molar-refractivity contribution in [1.82, 2.24) is 9.13 Å². The predicted molar refractivity (Wildman–Crippen MR) is 221 cm³/mol. The van der Waals surface area contributed by atoms with Crippen LogP contribution in [0.1, 0.15) is 0 Å². The van der Waals surface area contributed by atoms with E-state index in [0.29, 0.717) is 0 Å². The molecule has 242 valence electrons. The van der Waals surface area contributed by atoms with E-state index in [1.807, 2.05) is 0 Å². The molecule has 2 nitrogen and oxygen atoms in total. The summed E-state index contributed by atoms with van der Waals surface area (Å²) >= 11 is 0. The highest BCUT2D eigenvalue weighted by atomic mass is 15.0. The summed E-state index contributed by atoms with van der Waals surface area (Å²) in [6.45, 7) is 0. The molecule has 0 aliphatic rings. The van der Waals surface area contributed by atoms with Gasteiger partial charge in [0.25, 0.3) is 0 Å². The summed E-state index contributed by atoms with van der Waals surface area (Å²) in [5.74, 6) is 0. The summed E-state index contributed by atoms with van der Waals surface area (Å²) in [6, 6.07) is 71.0. The fraction of sp³-hybridized carbons (Fsp3) is 0. The number of benzene rings is 9. The third kappa shape index (κ3) is 4.31. The molecule has 0 saturated heterocycles. The van der Waals surface area contributed by atoms with Crippen molar-refractivity contribution in [1.29, 1.82) is 0 Å². The maximum absolute atomic E-state index is 2.43. The van der Waals surface area contributed by atoms with E-state index < -0.39 is 0 Å². The van der Waals surface area contributed by atoms with E-state index in [2.05, 4.69) is 203 Å². The number of fused-ring (bicyclic) bond motifs is 8. The summed E-state index contributed by atoms with van der Waals surface area (Å²) in [4.78, 5) is 0. The van der Waals surface area contributed by atoms with Crippen LogP contribution in [0.3, 0.4) is 0 Å². The highest BCUT2D eigenvalue weighted by Crippen LogP contribution is 2.40. The first-order valence-corrected chi connectivity index (χ1v) is 17.9. The number of rotatable bonds is 4. The van der Waals surface area contributed by atoms with Crippen molar-refractivity contribution in [3.63, 3.8) is 0 Å². The van der Waals surface area contributed by atoms with Gasteiger partial charge in [-0.1, -0.05) is 140 Å². The quantitative estimate of drug-likeness (QED) is 0.178. The van der Waals surface area contributed by atoms with Gasteiger partial charge in [-0.15, -0.1) is 0 Å². The molecule has 0 aliphatic carbocycles. The van der Waals surface area contributed by atoms with Crippen LogP contribution in [0.4, 0.5) is 0 Å². The first kappa shape index (κ1) is 28.9. The average Bonchev–Trinajstić information content (AvgIpc) is 3.72. The molecule has 0 atom stereocenters. The second kappa shape index (κ2) is 11.3. The molecule has 11 rings (SSSR count). The number of para-hydroxylation sites is 2. The van der Waals surface area contributed by atoms with Crippen LogP contribution in [0.2, 0.25) is 0 Å². The standard InChI is InChI=1S/C50H32N2/c1-3-18-39-33(12-1)14-10-22-40(39)37-16-9-17-38(30-37)51-47-23-7-5-20-42(47)44-31-35(26-28-49(44)51)36-27-29-50-45(32-36)43-21-6-8-24-48(43)52(50)46-25-11-15-34-13-2-4-19-41(34)46/h1-32H. The van der Waals surface area contributed by atoms with Gasteiger partial charge in [0, 0.05) is 32.6 Å². The van der Waals surface area contributed by atoms with Gasteiger partial charge in [0.05, 0.1) is 27.8 Å². The Morgan fingerprint density at radius 2 is 0.769 bits per heavy atom. The lowest BCUT2D eigenvalue weighted by molar-refractivity contribution is 1.18. The highest BCUT2D eigenvalue weighted by Gasteiger charge is 2.17. The van der Waals surface area contributed by atoms with Crippen molar-refractivity contribution in [2.45, 2.75) is 0 Å². The summed E-state index contributed by atoms with van der Waals surface area (Å²) in [5, 5.41) is 10.0. The number of aromatic nitrogens is 2. The van der Waals surface area contributed by atoms with Crippen molar-refractivity contribution in [3.05, 3.63) is 194 Å². The summed E-state index contributed by atoms with van der Waals surface area (Å²) in [5.41, 5.74) is 12.1. The Kier molecular flexibility index (Phi) is 6.28. The highest BCUT2D eigenvalue weighted by molar-refractivity contribution is 6.13. The molecule has 0 aliphatic heterocycles. The van der Waals surface area contributed by atoms with E-state index in [1.54, 1.807) is 0 Å². The minimum Gasteiger partial charge on any atom is -0.309 e. The van der Waals surface area contributed by atoms with Gasteiger partial charge in [-0.25, -0.2) is 0 Å². The Labute approximate surface area is 301 Å². The maximum atomic E-state index is 2.43. The fourth-order valence-electron chi connectivity index (χ4n) is 8.54. The van der Waals surface area contributed by atoms with Gasteiger partial charge in [0.1, 0.15) is 0 Å². The monoisotopic (exact) mass is 660 g/mol. The Hall–Kier alpha value is -6.90. The van der Waals surface area contributed by atoms with Crippen molar-refractivity contribution >= 4 is 65.2 Å². The molecule has 0 saturated carbocycles. The van der Waals surface area contributed by atoms with Gasteiger partial charge in [-0.3, -0.25) is 0 Å². The molecular weight excluding hydrogens is 629 g/mol. The lowest BCUT2D eigenvalue weighted by Gasteiger charge is -2.12. The average molecular weight is 661 g/mol. The largest absolute Gasteiger partial charge is 0.309 e. The molecule has 0 fully saturated rings. The molecule has 0 unspecified atom stereocenters. The van der Waals surface area contributed by atoms with E-state index in [4.69, 9.17) is 0 Å². The van der Waals surface area contributed by atoms with Crippen LogP contribution in [0.15, 0.2) is 194 Å². The molecular formula is C50H32N2. The maximum Gasteiger partial charge on any atom is 0.0541 e. The second-order valence-corrected chi connectivity index (χ2v) is 13.7. The van der Waals surface area contributed by atoms with Crippen LogP contribution >= 0.6 is 0 Å². The van der Waals surface area contributed by atoms with E-state index in [-0.39, 0.29) is 0 Å². The van der Waals surface area contributed by atoms with Gasteiger partial charge in [0.2, 0.25) is 0 Å². The summed E-state index contributed by atoms with van der Waals surface area (Å²) in [6.07, 6.45) is 0. The molecule has 2 heteroatoms. The molecule has 9 aromatic carbocycles. The van der Waals surface area contributed by atoms with Crippen LogP contribution in [-0.2, 0) is 0 Å². The first-order valence-electron chi connectivity index (χ1n) is 17.9. The Morgan fingerprint density at radius 3 is 1.48 bits per heavy atom. The zero-order valence-corrected chi connectivity index (χ0v) is 28.4. The predicted octanol–water partition coefficient (Wildman–Crippen LogP) is 13.5. The van der Waals surface area contributed by atoms with Crippen molar-refractivity contribution in [3.8, 4) is 33.6 Å². The van der Waals surface area contributed by atoms with Crippen LogP contribution in [0.5, 0.6) is 0 Å². The lowest BCUT2D eigenvalue weighted by atomic mass is 9.98. The zero-order valence-electron chi connectivity index (χ0n) is 28.4. The van der Waals surface area contributed by atoms with Crippen LogP contribution in [0, 0.1) is 0 Å². The van der Waals surface area contributed by atoms with Crippen LogP contribution < -0.4 is 0 Å². The molecule has 52 heavy (non-hydrogen) atoms. The van der Waals surface area contributed by atoms with Gasteiger partial charge < -0.3 is 9.13 Å². The molecule has 2 aromatic heterocycles. The summed E-state index contributed by atoms with van der Waals surface area (Å²) < 4.78 is 4.85. The van der Waals surface area contributed by atoms with Crippen molar-refractivity contribution in [2.24, 2.45) is 0 Å². The Balaban J connectivity index is 1.08. The third-order valence-corrected chi connectivity index (χ3v) is 10.9. The summed E-state index contributed by atoms with van der Waals surface area (Å²) in [7, 11) is 0. The van der Waals surface area contributed by atoms with E-state index in [1.165, 1.54) is 93.1 Å². The second-order valence-electron chi connectivity index (χ2n) is 13.7. The van der Waals surface area contributed by atoms with Crippen molar-refractivity contribution in [2.75, 3.05) is 0 Å².